The predicted molar refractivity (Wildman–Crippen MR) is 99.3 cm³/mol. The third-order valence-electron chi connectivity index (χ3n) is 3.52. The zero-order valence-electron chi connectivity index (χ0n) is 14.8. The predicted octanol–water partition coefficient (Wildman–Crippen LogP) is 3.40. The van der Waals surface area contributed by atoms with E-state index in [1.807, 2.05) is 25.1 Å². The molecule has 0 atom stereocenters. The van der Waals surface area contributed by atoms with Gasteiger partial charge in [-0.15, -0.1) is 0 Å². The molecule has 0 radical (unpaired) electrons. The molecule has 0 aromatic heterocycles. The number of guanidine groups is 1. The van der Waals surface area contributed by atoms with Gasteiger partial charge in [0.2, 0.25) is 5.91 Å². The number of hydrogen-bond donors (Lipinski definition) is 3. The third-order valence-corrected chi connectivity index (χ3v) is 3.52. The van der Waals surface area contributed by atoms with Gasteiger partial charge in [-0.2, -0.15) is 13.2 Å². The van der Waals surface area contributed by atoms with E-state index in [-0.39, 0.29) is 19.0 Å². The van der Waals surface area contributed by atoms with Crippen LogP contribution in [0.1, 0.15) is 18.1 Å². The second-order valence-corrected chi connectivity index (χ2v) is 5.66. The fourth-order valence-corrected chi connectivity index (χ4v) is 2.20. The molecule has 0 fully saturated rings. The van der Waals surface area contributed by atoms with Crippen LogP contribution in [0.15, 0.2) is 59.6 Å². The van der Waals surface area contributed by atoms with Gasteiger partial charge in [0.1, 0.15) is 0 Å². The first kappa shape index (κ1) is 20.3. The van der Waals surface area contributed by atoms with Gasteiger partial charge in [0.25, 0.3) is 0 Å². The Morgan fingerprint density at radius 1 is 1.00 bits per heavy atom. The number of rotatable bonds is 6. The minimum atomic E-state index is -4.36. The van der Waals surface area contributed by atoms with Gasteiger partial charge >= 0.3 is 6.18 Å². The monoisotopic (exact) mass is 378 g/mol. The minimum Gasteiger partial charge on any atom is -0.357 e. The summed E-state index contributed by atoms with van der Waals surface area (Å²) in [4.78, 5) is 16.3. The van der Waals surface area contributed by atoms with Gasteiger partial charge in [-0.3, -0.25) is 4.79 Å². The fraction of sp³-hybridized carbons (Fsp3) is 0.263. The molecule has 1 amide bonds. The quantitative estimate of drug-likeness (QED) is 0.533. The fourth-order valence-electron chi connectivity index (χ4n) is 2.20. The molecule has 0 saturated heterocycles. The molecule has 0 unspecified atom stereocenters. The van der Waals surface area contributed by atoms with Crippen molar-refractivity contribution in [3.8, 4) is 0 Å². The normalized spacial score (nSPS) is 11.8. The van der Waals surface area contributed by atoms with E-state index in [1.54, 1.807) is 12.1 Å². The van der Waals surface area contributed by atoms with E-state index in [1.165, 1.54) is 12.1 Å². The number of carbonyl (C=O) groups is 1. The van der Waals surface area contributed by atoms with Gasteiger partial charge in [0.05, 0.1) is 18.7 Å². The number of hydrogen-bond acceptors (Lipinski definition) is 2. The van der Waals surface area contributed by atoms with Crippen molar-refractivity contribution in [2.24, 2.45) is 4.99 Å². The van der Waals surface area contributed by atoms with Crippen molar-refractivity contribution in [3.05, 3.63) is 65.7 Å². The van der Waals surface area contributed by atoms with Crippen LogP contribution in [0.4, 0.5) is 18.9 Å². The highest BCUT2D eigenvalue weighted by atomic mass is 19.4. The molecule has 2 aromatic rings. The Morgan fingerprint density at radius 2 is 1.67 bits per heavy atom. The summed E-state index contributed by atoms with van der Waals surface area (Å²) in [6, 6.07) is 13.9. The van der Waals surface area contributed by atoms with Gasteiger partial charge in [0, 0.05) is 12.2 Å². The van der Waals surface area contributed by atoms with Crippen molar-refractivity contribution in [2.45, 2.75) is 19.6 Å². The molecule has 0 spiro atoms. The number of halogens is 3. The van der Waals surface area contributed by atoms with Crippen LogP contribution in [-0.2, 0) is 17.5 Å². The maximum atomic E-state index is 12.6. The van der Waals surface area contributed by atoms with Gasteiger partial charge in [-0.25, -0.2) is 4.99 Å². The first-order valence-electron chi connectivity index (χ1n) is 8.41. The number of nitrogens with one attached hydrogen (secondary N) is 3. The molecule has 0 aliphatic rings. The van der Waals surface area contributed by atoms with Gasteiger partial charge in [-0.05, 0) is 36.8 Å². The molecular weight excluding hydrogens is 357 g/mol. The average molecular weight is 378 g/mol. The summed E-state index contributed by atoms with van der Waals surface area (Å²) in [5.74, 6) is 0.168. The van der Waals surface area contributed by atoms with Crippen molar-refractivity contribution in [3.63, 3.8) is 0 Å². The molecule has 144 valence electrons. The zero-order valence-corrected chi connectivity index (χ0v) is 14.8. The van der Waals surface area contributed by atoms with Gasteiger partial charge in [0.15, 0.2) is 5.96 Å². The minimum absolute atomic E-state index is 0.00768. The maximum Gasteiger partial charge on any atom is 0.416 e. The Labute approximate surface area is 155 Å². The highest BCUT2D eigenvalue weighted by Crippen LogP contribution is 2.29. The van der Waals surface area contributed by atoms with E-state index in [0.29, 0.717) is 23.8 Å². The Hall–Kier alpha value is -3.03. The molecule has 2 aromatic carbocycles. The summed E-state index contributed by atoms with van der Waals surface area (Å²) in [6.45, 7) is 2.65. The van der Waals surface area contributed by atoms with E-state index in [9.17, 15) is 18.0 Å². The Bertz CT molecular complexity index is 759. The first-order chi connectivity index (χ1) is 12.9. The molecule has 27 heavy (non-hydrogen) atoms. The highest BCUT2D eigenvalue weighted by molar-refractivity contribution is 5.94. The summed E-state index contributed by atoms with van der Waals surface area (Å²) in [5, 5.41) is 8.62. The lowest BCUT2D eigenvalue weighted by atomic mass is 10.1. The number of nitrogens with zero attached hydrogens (tertiary/aromatic N) is 1. The molecule has 8 heteroatoms. The summed E-state index contributed by atoms with van der Waals surface area (Å²) in [6.07, 6.45) is -4.36. The van der Waals surface area contributed by atoms with Crippen molar-refractivity contribution < 1.29 is 18.0 Å². The smallest absolute Gasteiger partial charge is 0.357 e. The highest BCUT2D eigenvalue weighted by Gasteiger charge is 2.29. The van der Waals surface area contributed by atoms with E-state index in [0.717, 1.165) is 12.1 Å². The topological polar surface area (TPSA) is 65.5 Å². The van der Waals surface area contributed by atoms with E-state index >= 15 is 0 Å². The Balaban J connectivity index is 1.90. The maximum absolute atomic E-state index is 12.6. The lowest BCUT2D eigenvalue weighted by Crippen LogP contribution is -2.41. The van der Waals surface area contributed by atoms with E-state index in [2.05, 4.69) is 20.9 Å². The first-order valence-corrected chi connectivity index (χ1v) is 8.41. The van der Waals surface area contributed by atoms with Crippen LogP contribution in [0.3, 0.4) is 0 Å². The molecule has 0 heterocycles. The summed E-state index contributed by atoms with van der Waals surface area (Å²) >= 11 is 0. The molecule has 5 nitrogen and oxygen atoms in total. The number of benzene rings is 2. The molecule has 2 rings (SSSR count). The van der Waals surface area contributed by atoms with Crippen LogP contribution < -0.4 is 16.0 Å². The number of carbonyl (C=O) groups excluding carboxylic acids is 1. The summed E-state index contributed by atoms with van der Waals surface area (Å²) < 4.78 is 37.7. The van der Waals surface area contributed by atoms with Crippen molar-refractivity contribution >= 4 is 17.6 Å². The second kappa shape index (κ2) is 9.61. The third kappa shape index (κ3) is 7.01. The average Bonchev–Trinajstić information content (AvgIpc) is 2.64. The molecule has 0 aliphatic carbocycles. The van der Waals surface area contributed by atoms with Gasteiger partial charge < -0.3 is 16.0 Å². The van der Waals surface area contributed by atoms with Gasteiger partial charge in [-0.1, -0.05) is 30.3 Å². The van der Waals surface area contributed by atoms with Crippen LogP contribution in [0.25, 0.3) is 0 Å². The number of para-hydroxylation sites is 1. The largest absolute Gasteiger partial charge is 0.416 e. The Morgan fingerprint density at radius 3 is 2.26 bits per heavy atom. The van der Waals surface area contributed by atoms with Crippen LogP contribution >= 0.6 is 0 Å². The lowest BCUT2D eigenvalue weighted by Gasteiger charge is -2.12. The zero-order chi connectivity index (χ0) is 19.7. The van der Waals surface area contributed by atoms with Crippen molar-refractivity contribution in [1.29, 1.82) is 0 Å². The summed E-state index contributed by atoms with van der Waals surface area (Å²) in [5.41, 5.74) is 0.628. The van der Waals surface area contributed by atoms with Crippen LogP contribution in [0.2, 0.25) is 0 Å². The molecule has 0 aliphatic heterocycles. The van der Waals surface area contributed by atoms with E-state index in [4.69, 9.17) is 0 Å². The van der Waals surface area contributed by atoms with Crippen LogP contribution in [0, 0.1) is 0 Å². The van der Waals surface area contributed by atoms with Crippen LogP contribution in [-0.4, -0.2) is 25.0 Å². The SMILES string of the molecule is CCNC(=NCc1ccc(C(F)(F)F)cc1)NCC(=O)Nc1ccccc1. The van der Waals surface area contributed by atoms with E-state index < -0.39 is 11.7 Å². The number of amides is 1. The molecule has 0 saturated carbocycles. The Kier molecular flexibility index (Phi) is 7.22. The molecule has 0 bridgehead atoms. The second-order valence-electron chi connectivity index (χ2n) is 5.66. The lowest BCUT2D eigenvalue weighted by molar-refractivity contribution is -0.137. The van der Waals surface area contributed by atoms with Crippen molar-refractivity contribution in [2.75, 3.05) is 18.4 Å². The van der Waals surface area contributed by atoms with Crippen molar-refractivity contribution in [1.82, 2.24) is 10.6 Å². The number of anilines is 1. The standard InChI is InChI=1S/C19H21F3N4O/c1-2-23-18(25-13-17(27)26-16-6-4-3-5-7-16)24-12-14-8-10-15(11-9-14)19(20,21)22/h3-11H,2,12-13H2,1H3,(H,26,27)(H2,23,24,25). The van der Waals surface area contributed by atoms with Crippen LogP contribution in [0.5, 0.6) is 0 Å². The molecule has 3 N–H and O–H groups in total. The molecular formula is C19H21F3N4O. The summed E-state index contributed by atoms with van der Waals surface area (Å²) in [7, 11) is 0. The number of alkyl halides is 3. The number of aliphatic imine (C=N–C) groups is 1.